The van der Waals surface area contributed by atoms with Crippen LogP contribution in [-0.4, -0.2) is 151 Å². The Balaban J connectivity index is 0.000000130. The molecule has 137 heavy (non-hydrogen) atoms. The summed E-state index contributed by atoms with van der Waals surface area (Å²) in [5.41, 5.74) is 19.2. The Kier molecular flexibility index (Phi) is 33.4. The standard InChI is InChI=1S/C25H31N3O.C24H29N3O3.C20H19N3O3.C20H21N3O3.C20H19N3O3/c1-18(2)15-20-9-11-22(12-10-20)19(3)25-26-24(27-29-25)23-8-6-7-21(16-23)17-28-13-4-5-14-28;1-4-28-21-11-9-19(15-22(21)29-5-2)24-25-23(26-30-24)20-10-8-18(14-17(20)3)16-27-12-6-7-13-27;1-3-24-17-8-7-15(12-18(17)25-4-2)20-22-19(23-26-20)14-6-5-13-9-10-21-16(13)11-14;1-3-24-17-9-8-13(12-18(17)25-4-2)20-22-19(23-26-20)15-6-5-7-16-14(15)10-11-21-16;1-5-24-17-10-7-14(12-18(17)25-6-2)20-22-19(23-26-20)16-9-8-15(21-4)11-13(16)3/h6-12,16,18-19H,4-5,13-15,17H2,1-3H3;8-11,14-15H,4-7,12-13,16H2,1-3H3;5-12,21H,3-4H2,1-2H3;5-9,12,21H,3-4,10-11H2,1-2H3;7-12H,5-6H2,1-3H3. The molecule has 28 nitrogen and oxygen atoms in total. The van der Waals surface area contributed by atoms with E-state index in [9.17, 15) is 0 Å². The molecular weight excluding hydrogens is 1730 g/mol. The van der Waals surface area contributed by atoms with E-state index in [4.69, 9.17) is 72.1 Å². The minimum absolute atomic E-state index is 0.0807. The van der Waals surface area contributed by atoms with Gasteiger partial charge in [0.15, 0.2) is 51.7 Å². The Morgan fingerprint density at radius 1 is 0.380 bits per heavy atom. The Morgan fingerprint density at radius 3 is 1.27 bits per heavy atom. The molecule has 1 unspecified atom stereocenters. The van der Waals surface area contributed by atoms with Crippen molar-refractivity contribution < 1.29 is 60.5 Å². The molecule has 1 atom stereocenters. The van der Waals surface area contributed by atoms with Crippen LogP contribution in [0.25, 0.3) is 119 Å². The smallest absolute Gasteiger partial charge is 0.258 e. The van der Waals surface area contributed by atoms with Crippen molar-refractivity contribution in [1.29, 1.82) is 0 Å². The molecule has 19 rings (SSSR count). The second-order valence-electron chi connectivity index (χ2n) is 33.5. The van der Waals surface area contributed by atoms with Gasteiger partial charge in [0.25, 0.3) is 23.6 Å². The van der Waals surface area contributed by atoms with Gasteiger partial charge in [-0.05, 0) is 283 Å². The fourth-order valence-electron chi connectivity index (χ4n) is 16.6. The maximum absolute atomic E-state index is 7.09. The molecule has 0 aliphatic carbocycles. The largest absolute Gasteiger partial charge is 0.490 e. The van der Waals surface area contributed by atoms with E-state index in [0.29, 0.717) is 169 Å². The van der Waals surface area contributed by atoms with Gasteiger partial charge in [0, 0.05) is 87.1 Å². The van der Waals surface area contributed by atoms with Crippen LogP contribution in [0.1, 0.15) is 153 Å². The summed E-state index contributed by atoms with van der Waals surface area (Å²) in [7, 11) is 0. The summed E-state index contributed by atoms with van der Waals surface area (Å²) in [6, 6.07) is 65.8. The van der Waals surface area contributed by atoms with Gasteiger partial charge >= 0.3 is 0 Å². The van der Waals surface area contributed by atoms with E-state index in [0.717, 1.165) is 110 Å². The Morgan fingerprint density at radius 2 is 0.796 bits per heavy atom. The monoisotopic (exact) mass is 1850 g/mol. The lowest BCUT2D eigenvalue weighted by molar-refractivity contribution is 0.288. The van der Waals surface area contributed by atoms with Crippen molar-refractivity contribution >= 4 is 22.3 Å². The van der Waals surface area contributed by atoms with E-state index in [1.807, 2.05) is 190 Å². The first kappa shape index (κ1) is 96.6. The average Bonchev–Trinajstić information content (AvgIpc) is 1.67. The summed E-state index contributed by atoms with van der Waals surface area (Å²) in [4.78, 5) is 34.6. The van der Waals surface area contributed by atoms with E-state index in [1.54, 1.807) is 6.07 Å². The van der Waals surface area contributed by atoms with Crippen LogP contribution in [0.5, 0.6) is 46.0 Å². The van der Waals surface area contributed by atoms with E-state index in [2.05, 4.69) is 171 Å². The third kappa shape index (κ3) is 24.8. The van der Waals surface area contributed by atoms with Crippen molar-refractivity contribution in [3.63, 3.8) is 0 Å². The van der Waals surface area contributed by atoms with Crippen LogP contribution in [0.15, 0.2) is 229 Å². The number of hydrogen-bond acceptors (Lipinski definition) is 26. The third-order valence-electron chi connectivity index (χ3n) is 23.2. The van der Waals surface area contributed by atoms with Crippen molar-refractivity contribution in [2.24, 2.45) is 5.92 Å². The maximum atomic E-state index is 7.09. The highest BCUT2D eigenvalue weighted by molar-refractivity contribution is 5.84. The fraction of sp³-hybridized carbons (Fsp3) is 0.330. The van der Waals surface area contributed by atoms with E-state index < -0.39 is 0 Å². The van der Waals surface area contributed by atoms with Crippen LogP contribution in [0.3, 0.4) is 0 Å². The average molecular weight is 1850 g/mol. The van der Waals surface area contributed by atoms with Gasteiger partial charge in [-0.25, -0.2) is 4.85 Å². The Hall–Kier alpha value is -15.0. The molecule has 2 N–H and O–H groups in total. The number of fused-ring (bicyclic) bond motifs is 2. The predicted molar refractivity (Wildman–Crippen MR) is 531 cm³/mol. The number of likely N-dealkylation sites (tertiary alicyclic amines) is 2. The number of rotatable bonds is 33. The topological polar surface area (TPSA) is 307 Å². The van der Waals surface area contributed by atoms with Gasteiger partial charge in [-0.15, -0.1) is 0 Å². The van der Waals surface area contributed by atoms with Gasteiger partial charge in [0.05, 0.1) is 65.3 Å². The number of aromatic nitrogens is 11. The lowest BCUT2D eigenvalue weighted by atomic mass is 9.97. The van der Waals surface area contributed by atoms with Gasteiger partial charge in [-0.1, -0.05) is 148 Å². The number of hydrogen-bond donors (Lipinski definition) is 2. The number of benzene rings is 10. The van der Waals surface area contributed by atoms with Gasteiger partial charge in [0.2, 0.25) is 35.0 Å². The summed E-state index contributed by atoms with van der Waals surface area (Å²) in [5, 5.41) is 25.4. The lowest BCUT2D eigenvalue weighted by Crippen LogP contribution is -2.18. The molecule has 10 aromatic carbocycles. The number of aryl methyl sites for hydroxylation is 2. The number of H-pyrrole nitrogens is 1. The first-order chi connectivity index (χ1) is 67.0. The summed E-state index contributed by atoms with van der Waals surface area (Å²) in [6.07, 6.45) is 9.21. The lowest BCUT2D eigenvalue weighted by Gasteiger charge is -2.15. The minimum atomic E-state index is 0.0807. The summed E-state index contributed by atoms with van der Waals surface area (Å²) in [5.74, 6) is 11.6. The molecule has 2 fully saturated rings. The SMILES string of the molecule is CC(C)Cc1ccc(C(C)c2nc(-c3cccc(CN4CCCC4)c3)no2)cc1.CCOc1ccc(-c2nc(-c3ccc(CN4CCCC4)cc3C)no2)cc1OCC.CCOc1ccc(-c2nc(-c3ccc4cc[nH]c4c3)no2)cc1OCC.CCOc1ccc(-c2nc(-c3cccc4c3CCN4)no2)cc1OCC.[C-]#[N+]c1ccc(-c2noc(-c3ccc(OCC)c(OCC)c3)n2)c(C)c1. The molecule has 3 aliphatic rings. The van der Waals surface area contributed by atoms with Crippen molar-refractivity contribution in [1.82, 2.24) is 65.5 Å². The maximum Gasteiger partial charge on any atom is 0.258 e. The summed E-state index contributed by atoms with van der Waals surface area (Å²) >= 11 is 0. The molecular formula is C109H119N15O13. The van der Waals surface area contributed by atoms with Gasteiger partial charge < -0.3 is 70.8 Å². The van der Waals surface area contributed by atoms with Crippen LogP contribution >= 0.6 is 0 Å². The zero-order valence-electron chi connectivity index (χ0n) is 80.3. The molecule has 0 radical (unpaired) electrons. The highest BCUT2D eigenvalue weighted by Crippen LogP contribution is 2.41. The van der Waals surface area contributed by atoms with Gasteiger partial charge in [-0.3, -0.25) is 9.80 Å². The van der Waals surface area contributed by atoms with Crippen molar-refractivity contribution in [2.45, 2.75) is 148 Å². The zero-order valence-corrected chi connectivity index (χ0v) is 80.3. The number of nitrogens with one attached hydrogen (secondary N) is 2. The van der Waals surface area contributed by atoms with Crippen molar-refractivity contribution in [3.05, 3.63) is 263 Å². The Bertz CT molecular complexity index is 6670. The van der Waals surface area contributed by atoms with E-state index in [1.165, 1.54) is 79.7 Å². The van der Waals surface area contributed by atoms with Crippen LogP contribution in [0.4, 0.5) is 11.4 Å². The molecule has 0 saturated carbocycles. The molecule has 708 valence electrons. The molecule has 28 heteroatoms. The number of aromatic amines is 1. The summed E-state index contributed by atoms with van der Waals surface area (Å²) in [6.45, 7) is 45.5. The summed E-state index contributed by atoms with van der Waals surface area (Å²) < 4.78 is 72.7. The zero-order chi connectivity index (χ0) is 95.5. The first-order valence-electron chi connectivity index (χ1n) is 47.4. The second kappa shape index (κ2) is 47.3. The predicted octanol–water partition coefficient (Wildman–Crippen LogP) is 24.7. The molecule has 6 aromatic heterocycles. The number of nitrogens with zero attached hydrogens (tertiary/aromatic N) is 13. The highest BCUT2D eigenvalue weighted by Gasteiger charge is 2.26. The van der Waals surface area contributed by atoms with Crippen LogP contribution < -0.4 is 43.2 Å². The van der Waals surface area contributed by atoms with Crippen molar-refractivity contribution in [2.75, 3.05) is 90.9 Å². The van der Waals surface area contributed by atoms with Crippen LogP contribution in [0, 0.1) is 26.3 Å². The molecule has 3 aliphatic heterocycles. The van der Waals surface area contributed by atoms with Gasteiger partial charge in [-0.2, -0.15) is 24.9 Å². The van der Waals surface area contributed by atoms with Gasteiger partial charge in [0.1, 0.15) is 0 Å². The molecule has 16 aromatic rings. The number of ether oxygens (including phenoxy) is 8. The van der Waals surface area contributed by atoms with Crippen LogP contribution in [-0.2, 0) is 25.9 Å². The second-order valence-corrected chi connectivity index (χ2v) is 33.5. The molecule has 0 spiro atoms. The fourth-order valence-corrected chi connectivity index (χ4v) is 16.6. The third-order valence-corrected chi connectivity index (χ3v) is 23.2. The Labute approximate surface area is 799 Å². The quantitative estimate of drug-likeness (QED) is 0.0361. The molecule has 0 bridgehead atoms. The first-order valence-corrected chi connectivity index (χ1v) is 47.4. The van der Waals surface area contributed by atoms with Crippen molar-refractivity contribution in [3.8, 4) is 149 Å². The normalized spacial score (nSPS) is 12.9. The highest BCUT2D eigenvalue weighted by atomic mass is 16.5. The number of anilines is 1. The van der Waals surface area contributed by atoms with Crippen LogP contribution in [0.2, 0.25) is 0 Å². The molecule has 9 heterocycles. The minimum Gasteiger partial charge on any atom is -0.490 e. The molecule has 0 amide bonds. The van der Waals surface area contributed by atoms with E-state index in [-0.39, 0.29) is 5.92 Å². The van der Waals surface area contributed by atoms with E-state index >= 15 is 0 Å². The molecule has 2 saturated heterocycles.